The minimum Gasteiger partial charge on any atom is -0.298 e. The van der Waals surface area contributed by atoms with Crippen molar-refractivity contribution in [3.8, 4) is 17.1 Å². The summed E-state index contributed by atoms with van der Waals surface area (Å²) in [6.45, 7) is 1.87. The molecule has 3 rings (SSSR count). The molecule has 5 heteroatoms. The van der Waals surface area contributed by atoms with Crippen molar-refractivity contribution in [3.05, 3.63) is 59.9 Å². The van der Waals surface area contributed by atoms with Crippen LogP contribution in [0.1, 0.15) is 16.1 Å². The molecule has 20 heavy (non-hydrogen) atoms. The highest BCUT2D eigenvalue weighted by atomic mass is 16.1. The maximum atomic E-state index is 11.2. The van der Waals surface area contributed by atoms with Crippen LogP contribution in [0.15, 0.2) is 48.7 Å². The van der Waals surface area contributed by atoms with Gasteiger partial charge in [-0.1, -0.05) is 30.3 Å². The van der Waals surface area contributed by atoms with Crippen molar-refractivity contribution in [2.45, 2.75) is 6.92 Å². The summed E-state index contributed by atoms with van der Waals surface area (Å²) < 4.78 is 1.63. The van der Waals surface area contributed by atoms with E-state index in [0.29, 0.717) is 11.4 Å². The molecule has 3 aromatic rings. The Kier molecular flexibility index (Phi) is 3.09. The lowest BCUT2D eigenvalue weighted by Crippen LogP contribution is -2.04. The highest BCUT2D eigenvalue weighted by Crippen LogP contribution is 2.24. The molecule has 2 heterocycles. The molecule has 0 saturated carbocycles. The fourth-order valence-electron chi connectivity index (χ4n) is 2.01. The predicted molar refractivity (Wildman–Crippen MR) is 74.7 cm³/mol. The molecular formula is C15H12N4O. The smallest absolute Gasteiger partial charge is 0.176 e. The van der Waals surface area contributed by atoms with Crippen LogP contribution < -0.4 is 0 Å². The number of carbonyl (C=O) groups is 1. The molecule has 0 spiro atoms. The summed E-state index contributed by atoms with van der Waals surface area (Å²) in [4.78, 5) is 11.2. The average molecular weight is 264 g/mol. The van der Waals surface area contributed by atoms with E-state index < -0.39 is 0 Å². The molecule has 5 nitrogen and oxygen atoms in total. The summed E-state index contributed by atoms with van der Waals surface area (Å²) in [5, 5.41) is 12.4. The highest BCUT2D eigenvalue weighted by Gasteiger charge is 2.14. The Morgan fingerprint density at radius 1 is 1.05 bits per heavy atom. The summed E-state index contributed by atoms with van der Waals surface area (Å²) in [7, 11) is 0. The van der Waals surface area contributed by atoms with E-state index in [0.717, 1.165) is 23.2 Å². The second kappa shape index (κ2) is 5.05. The van der Waals surface area contributed by atoms with Gasteiger partial charge in [0.25, 0.3) is 0 Å². The highest BCUT2D eigenvalue weighted by molar-refractivity contribution is 5.86. The molecule has 0 aliphatic rings. The van der Waals surface area contributed by atoms with Crippen molar-refractivity contribution in [1.82, 2.24) is 20.0 Å². The Balaban J connectivity index is 2.20. The van der Waals surface area contributed by atoms with Gasteiger partial charge in [0.2, 0.25) is 0 Å². The van der Waals surface area contributed by atoms with Crippen LogP contribution in [-0.4, -0.2) is 26.3 Å². The lowest BCUT2D eigenvalue weighted by molar-refractivity contribution is 0.112. The van der Waals surface area contributed by atoms with E-state index in [9.17, 15) is 4.79 Å². The number of aldehydes is 1. The molecule has 2 aromatic heterocycles. The number of aromatic nitrogens is 4. The van der Waals surface area contributed by atoms with Crippen LogP contribution in [0.2, 0.25) is 0 Å². The SMILES string of the molecule is Cc1ccc(-n2ncc(C=O)c2-c2ccccc2)nn1. The largest absolute Gasteiger partial charge is 0.298 e. The van der Waals surface area contributed by atoms with Gasteiger partial charge < -0.3 is 0 Å². The first-order valence-corrected chi connectivity index (χ1v) is 6.19. The van der Waals surface area contributed by atoms with Crippen LogP contribution in [-0.2, 0) is 0 Å². The van der Waals surface area contributed by atoms with Crippen molar-refractivity contribution < 1.29 is 4.79 Å². The number of benzene rings is 1. The number of carbonyl (C=O) groups excluding carboxylic acids is 1. The van der Waals surface area contributed by atoms with Crippen molar-refractivity contribution >= 4 is 6.29 Å². The maximum absolute atomic E-state index is 11.2. The Hall–Kier alpha value is -2.82. The normalized spacial score (nSPS) is 10.4. The first kappa shape index (κ1) is 12.2. The summed E-state index contributed by atoms with van der Waals surface area (Å²) in [5.41, 5.74) is 2.99. The monoisotopic (exact) mass is 264 g/mol. The second-order valence-corrected chi connectivity index (χ2v) is 4.38. The third-order valence-electron chi connectivity index (χ3n) is 2.97. The summed E-state index contributed by atoms with van der Waals surface area (Å²) in [6, 6.07) is 13.3. The summed E-state index contributed by atoms with van der Waals surface area (Å²) >= 11 is 0. The standard InChI is InChI=1S/C15H12N4O/c1-11-7-8-14(18-17-11)19-15(13(10-20)9-16-19)12-5-3-2-4-6-12/h2-10H,1H3. The van der Waals surface area contributed by atoms with Crippen molar-refractivity contribution in [2.75, 3.05) is 0 Å². The van der Waals surface area contributed by atoms with Crippen LogP contribution in [0, 0.1) is 6.92 Å². The molecule has 0 fully saturated rings. The third kappa shape index (κ3) is 2.09. The number of nitrogens with zero attached hydrogens (tertiary/aromatic N) is 4. The molecule has 0 aliphatic carbocycles. The lowest BCUT2D eigenvalue weighted by atomic mass is 10.1. The molecule has 0 saturated heterocycles. The second-order valence-electron chi connectivity index (χ2n) is 4.38. The zero-order chi connectivity index (χ0) is 13.9. The number of hydrogen-bond donors (Lipinski definition) is 0. The van der Waals surface area contributed by atoms with Crippen molar-refractivity contribution in [2.24, 2.45) is 0 Å². The molecule has 0 N–H and O–H groups in total. The van der Waals surface area contributed by atoms with Gasteiger partial charge in [0.1, 0.15) is 0 Å². The van der Waals surface area contributed by atoms with E-state index in [1.807, 2.05) is 49.4 Å². The van der Waals surface area contributed by atoms with Crippen molar-refractivity contribution in [1.29, 1.82) is 0 Å². The van der Waals surface area contributed by atoms with E-state index in [1.165, 1.54) is 6.20 Å². The molecule has 0 aliphatic heterocycles. The van der Waals surface area contributed by atoms with Crippen LogP contribution in [0.4, 0.5) is 0 Å². The van der Waals surface area contributed by atoms with Crippen LogP contribution >= 0.6 is 0 Å². The summed E-state index contributed by atoms with van der Waals surface area (Å²) in [6.07, 6.45) is 2.34. The van der Waals surface area contributed by atoms with Gasteiger partial charge in [0, 0.05) is 5.56 Å². The third-order valence-corrected chi connectivity index (χ3v) is 2.97. The minimum atomic E-state index is 0.526. The zero-order valence-corrected chi connectivity index (χ0v) is 10.9. The number of hydrogen-bond acceptors (Lipinski definition) is 4. The Labute approximate surface area is 115 Å². The molecule has 98 valence electrons. The molecule has 0 bridgehead atoms. The zero-order valence-electron chi connectivity index (χ0n) is 10.9. The molecule has 0 amide bonds. The van der Waals surface area contributed by atoms with Crippen LogP contribution in [0.3, 0.4) is 0 Å². The van der Waals surface area contributed by atoms with Crippen LogP contribution in [0.25, 0.3) is 17.1 Å². The number of rotatable bonds is 3. The van der Waals surface area contributed by atoms with E-state index in [-0.39, 0.29) is 0 Å². The molecule has 0 atom stereocenters. The van der Waals surface area contributed by atoms with Gasteiger partial charge in [0.15, 0.2) is 12.1 Å². The summed E-state index contributed by atoms with van der Waals surface area (Å²) in [5.74, 6) is 0.586. The Bertz CT molecular complexity index is 732. The van der Waals surface area contributed by atoms with Gasteiger partial charge in [-0.25, -0.2) is 4.68 Å². The van der Waals surface area contributed by atoms with Gasteiger partial charge in [-0.2, -0.15) is 10.2 Å². The van der Waals surface area contributed by atoms with Gasteiger partial charge >= 0.3 is 0 Å². The average Bonchev–Trinajstić information content (AvgIpc) is 2.93. The molecule has 1 aromatic carbocycles. The minimum absolute atomic E-state index is 0.526. The molecular weight excluding hydrogens is 252 g/mol. The van der Waals surface area contributed by atoms with Gasteiger partial charge in [0.05, 0.1) is 23.1 Å². The molecule has 0 radical (unpaired) electrons. The fourth-order valence-corrected chi connectivity index (χ4v) is 2.01. The Morgan fingerprint density at radius 2 is 1.85 bits per heavy atom. The maximum Gasteiger partial charge on any atom is 0.176 e. The molecule has 0 unspecified atom stereocenters. The lowest BCUT2D eigenvalue weighted by Gasteiger charge is -2.07. The van der Waals surface area contributed by atoms with E-state index in [1.54, 1.807) is 4.68 Å². The van der Waals surface area contributed by atoms with E-state index >= 15 is 0 Å². The quantitative estimate of drug-likeness (QED) is 0.682. The van der Waals surface area contributed by atoms with Crippen molar-refractivity contribution in [3.63, 3.8) is 0 Å². The Morgan fingerprint density at radius 3 is 2.50 bits per heavy atom. The first-order valence-electron chi connectivity index (χ1n) is 6.19. The predicted octanol–water partition coefficient (Wildman–Crippen LogP) is 2.45. The van der Waals surface area contributed by atoms with E-state index in [4.69, 9.17) is 0 Å². The fraction of sp³-hybridized carbons (Fsp3) is 0.0667. The first-order chi connectivity index (χ1) is 9.79. The topological polar surface area (TPSA) is 60.7 Å². The van der Waals surface area contributed by atoms with Gasteiger partial charge in [-0.15, -0.1) is 5.10 Å². The van der Waals surface area contributed by atoms with Gasteiger partial charge in [-0.05, 0) is 19.1 Å². The van der Waals surface area contributed by atoms with Crippen LogP contribution in [0.5, 0.6) is 0 Å². The van der Waals surface area contributed by atoms with Gasteiger partial charge in [-0.3, -0.25) is 4.79 Å². The van der Waals surface area contributed by atoms with E-state index in [2.05, 4.69) is 15.3 Å². The number of aryl methyl sites for hydroxylation is 1.